The van der Waals surface area contributed by atoms with Crippen molar-refractivity contribution in [2.24, 2.45) is 4.99 Å². The molecule has 1 N–H and O–H groups in total. The van der Waals surface area contributed by atoms with Gasteiger partial charge in [-0.15, -0.1) is 0 Å². The van der Waals surface area contributed by atoms with Gasteiger partial charge >= 0.3 is 5.97 Å². The molecule has 0 atom stereocenters. The molecule has 6 nitrogen and oxygen atoms in total. The van der Waals surface area contributed by atoms with Crippen molar-refractivity contribution in [2.75, 3.05) is 19.6 Å². The zero-order chi connectivity index (χ0) is 13.2. The Morgan fingerprint density at radius 2 is 1.89 bits per heavy atom. The van der Waals surface area contributed by atoms with E-state index in [-0.39, 0.29) is 0 Å². The average molecular weight is 272 g/mol. The van der Waals surface area contributed by atoms with E-state index in [1.54, 1.807) is 0 Å². The molecule has 0 amide bonds. The number of carbonyl (C=O) groups is 1. The highest BCUT2D eigenvalue weighted by molar-refractivity contribution is 8.11. The minimum Gasteiger partial charge on any atom is -0.476 e. The molecular formula is C11H16N2O4S. The minimum atomic E-state index is -3.83. The molecule has 2 aliphatic heterocycles. The van der Waals surface area contributed by atoms with Crippen LogP contribution in [0.3, 0.4) is 0 Å². The van der Waals surface area contributed by atoms with E-state index >= 15 is 0 Å². The lowest BCUT2D eigenvalue weighted by molar-refractivity contribution is -0.129. The summed E-state index contributed by atoms with van der Waals surface area (Å²) in [4.78, 5) is 16.6. The topological polar surface area (TPSA) is 87.0 Å². The van der Waals surface area contributed by atoms with Gasteiger partial charge < -0.3 is 5.11 Å². The van der Waals surface area contributed by atoms with Crippen LogP contribution in [0.2, 0.25) is 0 Å². The van der Waals surface area contributed by atoms with Crippen molar-refractivity contribution in [3.8, 4) is 0 Å². The molecule has 100 valence electrons. The summed E-state index contributed by atoms with van der Waals surface area (Å²) in [6, 6.07) is 0. The summed E-state index contributed by atoms with van der Waals surface area (Å²) in [5.74, 6) is -1.49. The van der Waals surface area contributed by atoms with E-state index in [0.717, 1.165) is 31.3 Å². The van der Waals surface area contributed by atoms with Crippen LogP contribution in [0.1, 0.15) is 25.7 Å². The number of carboxylic acid groups (broad SMARTS) is 1. The number of aliphatic carboxylic acids is 1. The number of likely N-dealkylation sites (tertiary alicyclic amines) is 1. The van der Waals surface area contributed by atoms with Gasteiger partial charge in [-0.1, -0.05) is 12.8 Å². The summed E-state index contributed by atoms with van der Waals surface area (Å²) in [6.07, 6.45) is 4.57. The number of hydrogen-bond donors (Lipinski definition) is 1. The molecule has 2 aliphatic rings. The highest BCUT2D eigenvalue weighted by atomic mass is 32.2. The van der Waals surface area contributed by atoms with Gasteiger partial charge in [0.25, 0.3) is 0 Å². The Hall–Kier alpha value is -1.21. The molecule has 2 rings (SSSR count). The van der Waals surface area contributed by atoms with E-state index in [1.807, 2.05) is 0 Å². The summed E-state index contributed by atoms with van der Waals surface area (Å²) in [5.41, 5.74) is 0.328. The summed E-state index contributed by atoms with van der Waals surface area (Å²) in [7, 11) is -3.83. The van der Waals surface area contributed by atoms with Crippen LogP contribution in [-0.4, -0.2) is 49.1 Å². The molecule has 0 aromatic rings. The normalized spacial score (nSPS) is 24.2. The lowest BCUT2D eigenvalue weighted by Crippen LogP contribution is -2.26. The first kappa shape index (κ1) is 13.2. The summed E-state index contributed by atoms with van der Waals surface area (Å²) in [6.45, 7) is 2.24. The van der Waals surface area contributed by atoms with Gasteiger partial charge in [-0.3, -0.25) is 4.90 Å². The Balaban J connectivity index is 2.09. The zero-order valence-corrected chi connectivity index (χ0v) is 10.8. The average Bonchev–Trinajstić information content (AvgIpc) is 2.48. The molecule has 18 heavy (non-hydrogen) atoms. The molecule has 1 fully saturated rings. The van der Waals surface area contributed by atoms with Gasteiger partial charge in [-0.05, 0) is 25.9 Å². The lowest BCUT2D eigenvalue weighted by atomic mass is 10.2. The molecule has 0 radical (unpaired) electrons. The second-order valence-electron chi connectivity index (χ2n) is 4.57. The van der Waals surface area contributed by atoms with E-state index in [2.05, 4.69) is 9.89 Å². The summed E-state index contributed by atoms with van der Waals surface area (Å²) < 4.78 is 23.0. The standard InChI is InChI=1S/C11H16N2O4S/c14-11(15)10-12-9(8-18(10,16)17)7-13-5-3-1-2-4-6-13/h8H,1-7H2,(H,14,15). The highest BCUT2D eigenvalue weighted by Crippen LogP contribution is 2.18. The van der Waals surface area contributed by atoms with Crippen molar-refractivity contribution in [3.63, 3.8) is 0 Å². The second kappa shape index (κ2) is 5.19. The molecule has 0 aromatic carbocycles. The predicted molar refractivity (Wildman–Crippen MR) is 67.0 cm³/mol. The Labute approximate surface area is 106 Å². The van der Waals surface area contributed by atoms with Crippen LogP contribution in [0, 0.1) is 0 Å². The van der Waals surface area contributed by atoms with Crippen molar-refractivity contribution in [1.29, 1.82) is 0 Å². The smallest absolute Gasteiger partial charge is 0.366 e. The molecule has 0 spiro atoms. The van der Waals surface area contributed by atoms with Gasteiger partial charge in [0, 0.05) is 6.54 Å². The maximum Gasteiger partial charge on any atom is 0.366 e. The van der Waals surface area contributed by atoms with Gasteiger partial charge in [0.2, 0.25) is 14.9 Å². The third kappa shape index (κ3) is 2.97. The lowest BCUT2D eigenvalue weighted by Gasteiger charge is -2.18. The Kier molecular flexibility index (Phi) is 3.82. The molecule has 0 bridgehead atoms. The number of aliphatic imine (C=N–C) groups is 1. The van der Waals surface area contributed by atoms with E-state index in [1.165, 1.54) is 12.8 Å². The van der Waals surface area contributed by atoms with Crippen LogP contribution in [0.5, 0.6) is 0 Å². The van der Waals surface area contributed by atoms with Crippen LogP contribution < -0.4 is 0 Å². The number of hydrogen-bond acceptors (Lipinski definition) is 5. The van der Waals surface area contributed by atoms with E-state index in [4.69, 9.17) is 5.11 Å². The predicted octanol–water partition coefficient (Wildman–Crippen LogP) is 0.615. The molecule has 2 heterocycles. The molecule has 1 saturated heterocycles. The number of nitrogens with zero attached hydrogens (tertiary/aromatic N) is 2. The van der Waals surface area contributed by atoms with Gasteiger partial charge in [0.15, 0.2) is 0 Å². The third-order valence-electron chi connectivity index (χ3n) is 3.07. The third-order valence-corrected chi connectivity index (χ3v) is 4.46. The van der Waals surface area contributed by atoms with Crippen LogP contribution in [0.4, 0.5) is 0 Å². The maximum atomic E-state index is 11.5. The molecular weight excluding hydrogens is 256 g/mol. The summed E-state index contributed by atoms with van der Waals surface area (Å²) in [5, 5.41) is 8.98. The van der Waals surface area contributed by atoms with Crippen molar-refractivity contribution in [3.05, 3.63) is 11.1 Å². The monoisotopic (exact) mass is 272 g/mol. The fourth-order valence-electron chi connectivity index (χ4n) is 2.22. The van der Waals surface area contributed by atoms with Crippen LogP contribution in [0.25, 0.3) is 0 Å². The molecule has 0 unspecified atom stereocenters. The van der Waals surface area contributed by atoms with Gasteiger partial charge in [0.05, 0.1) is 11.1 Å². The van der Waals surface area contributed by atoms with E-state index in [0.29, 0.717) is 12.2 Å². The van der Waals surface area contributed by atoms with Crippen LogP contribution in [0.15, 0.2) is 16.1 Å². The Morgan fingerprint density at radius 1 is 1.28 bits per heavy atom. The summed E-state index contributed by atoms with van der Waals surface area (Å²) >= 11 is 0. The van der Waals surface area contributed by atoms with Crippen molar-refractivity contribution in [2.45, 2.75) is 25.7 Å². The van der Waals surface area contributed by atoms with Gasteiger partial charge in [0.1, 0.15) is 0 Å². The van der Waals surface area contributed by atoms with Crippen molar-refractivity contribution >= 4 is 20.9 Å². The highest BCUT2D eigenvalue weighted by Gasteiger charge is 2.31. The number of sulfone groups is 1. The van der Waals surface area contributed by atoms with E-state index in [9.17, 15) is 13.2 Å². The minimum absolute atomic E-state index is 0.328. The first-order valence-corrected chi connectivity index (χ1v) is 7.54. The number of rotatable bonds is 3. The maximum absolute atomic E-state index is 11.5. The second-order valence-corrected chi connectivity index (χ2v) is 6.28. The zero-order valence-electron chi connectivity index (χ0n) is 10.0. The SMILES string of the molecule is O=C(O)C1=NC(CN2CCCCCC2)=CS1(=O)=O. The fraction of sp³-hybridized carbons (Fsp3) is 0.636. The molecule has 0 aromatic heterocycles. The first-order chi connectivity index (χ1) is 8.49. The molecule has 0 saturated carbocycles. The molecule has 0 aliphatic carbocycles. The van der Waals surface area contributed by atoms with Gasteiger partial charge in [-0.25, -0.2) is 18.2 Å². The largest absolute Gasteiger partial charge is 0.476 e. The first-order valence-electron chi connectivity index (χ1n) is 5.99. The van der Waals surface area contributed by atoms with Crippen LogP contribution in [-0.2, 0) is 14.6 Å². The van der Waals surface area contributed by atoms with Crippen molar-refractivity contribution in [1.82, 2.24) is 4.90 Å². The van der Waals surface area contributed by atoms with Crippen molar-refractivity contribution < 1.29 is 18.3 Å². The number of carboxylic acids is 1. The van der Waals surface area contributed by atoms with E-state index < -0.39 is 20.9 Å². The molecule has 7 heteroatoms. The van der Waals surface area contributed by atoms with Crippen LogP contribution >= 0.6 is 0 Å². The quantitative estimate of drug-likeness (QED) is 0.813. The fourth-order valence-corrected chi connectivity index (χ4v) is 3.31. The van der Waals surface area contributed by atoms with Gasteiger partial charge in [-0.2, -0.15) is 0 Å². The Bertz CT molecular complexity index is 499. The Morgan fingerprint density at radius 3 is 2.39 bits per heavy atom.